The molecule has 2 aromatic carbocycles. The maximum Gasteiger partial charge on any atom is 0.215 e. The molecule has 1 aliphatic rings. The van der Waals surface area contributed by atoms with Crippen LogP contribution in [0.15, 0.2) is 48.5 Å². The quantitative estimate of drug-likeness (QED) is 0.723. The summed E-state index contributed by atoms with van der Waals surface area (Å²) in [6.07, 6.45) is 1.47. The largest absolute Gasteiger partial charge is 0.497 e. The number of sulfonamides is 1. The summed E-state index contributed by atoms with van der Waals surface area (Å²) >= 11 is 0. The predicted molar refractivity (Wildman–Crippen MR) is 108 cm³/mol. The van der Waals surface area contributed by atoms with Crippen LogP contribution in [0.4, 0.5) is 10.1 Å². The second kappa shape index (κ2) is 9.09. The number of piperazine rings is 1. The Bertz CT molecular complexity index is 957. The van der Waals surface area contributed by atoms with Gasteiger partial charge in [0.25, 0.3) is 0 Å². The molecule has 0 aliphatic carbocycles. The third kappa shape index (κ3) is 5.24. The number of rotatable bonds is 5. The Morgan fingerprint density at radius 1 is 1.11 bits per heavy atom. The van der Waals surface area contributed by atoms with Gasteiger partial charge in [-0.05, 0) is 42.5 Å². The van der Waals surface area contributed by atoms with Gasteiger partial charge < -0.3 is 9.64 Å². The molecule has 0 unspecified atom stereocenters. The Morgan fingerprint density at radius 3 is 2.50 bits per heavy atom. The molecule has 7 heteroatoms. The van der Waals surface area contributed by atoms with E-state index in [0.717, 1.165) is 11.3 Å². The standard InChI is InChI=1S/C21H22FN2O3S/c1-27-21-7-4-6-18(17-21)5-2-3-16-28(25,26)24-14-12-23(13-15-24)20-10-8-19(22)9-11-20/h3-4,6-11,17H,12-16H2,1H3. The third-order valence-electron chi connectivity index (χ3n) is 4.51. The monoisotopic (exact) mass is 401 g/mol. The lowest BCUT2D eigenvalue weighted by molar-refractivity contribution is 0.386. The number of nitrogens with zero attached hydrogens (tertiary/aromatic N) is 2. The first-order valence-electron chi connectivity index (χ1n) is 8.93. The van der Waals surface area contributed by atoms with Crippen LogP contribution in [0.1, 0.15) is 5.56 Å². The van der Waals surface area contributed by atoms with Crippen LogP contribution in [0.2, 0.25) is 0 Å². The van der Waals surface area contributed by atoms with Crippen LogP contribution < -0.4 is 9.64 Å². The topological polar surface area (TPSA) is 49.9 Å². The highest BCUT2D eigenvalue weighted by Crippen LogP contribution is 2.18. The Kier molecular flexibility index (Phi) is 6.55. The minimum absolute atomic E-state index is 0.124. The van der Waals surface area contributed by atoms with Gasteiger partial charge in [-0.2, -0.15) is 4.31 Å². The highest BCUT2D eigenvalue weighted by atomic mass is 32.2. The fraction of sp³-hybridized carbons (Fsp3) is 0.286. The molecule has 1 heterocycles. The zero-order valence-corrected chi connectivity index (χ0v) is 16.5. The highest BCUT2D eigenvalue weighted by molar-refractivity contribution is 7.89. The molecule has 28 heavy (non-hydrogen) atoms. The number of hydrogen-bond donors (Lipinski definition) is 0. The molecule has 1 saturated heterocycles. The minimum atomic E-state index is -3.40. The van der Waals surface area contributed by atoms with Crippen LogP contribution in [0.25, 0.3) is 0 Å². The first-order valence-corrected chi connectivity index (χ1v) is 10.5. The van der Waals surface area contributed by atoms with Crippen LogP contribution in [-0.4, -0.2) is 51.8 Å². The molecule has 1 aliphatic heterocycles. The molecule has 0 atom stereocenters. The summed E-state index contributed by atoms with van der Waals surface area (Å²) in [6.45, 7) is 1.94. The van der Waals surface area contributed by atoms with E-state index < -0.39 is 10.0 Å². The van der Waals surface area contributed by atoms with E-state index in [1.54, 1.807) is 25.3 Å². The fourth-order valence-corrected chi connectivity index (χ4v) is 4.19. The van der Waals surface area contributed by atoms with Crippen molar-refractivity contribution in [2.75, 3.05) is 43.9 Å². The molecule has 1 radical (unpaired) electrons. The molecular weight excluding hydrogens is 379 g/mol. The van der Waals surface area contributed by atoms with Crippen LogP contribution in [-0.2, 0) is 10.0 Å². The molecule has 0 amide bonds. The van der Waals surface area contributed by atoms with Gasteiger partial charge in [0.1, 0.15) is 11.6 Å². The van der Waals surface area contributed by atoms with Gasteiger partial charge in [0.05, 0.1) is 19.3 Å². The Balaban J connectivity index is 1.51. The molecule has 2 aromatic rings. The van der Waals surface area contributed by atoms with Crippen LogP contribution in [0.3, 0.4) is 0 Å². The molecule has 147 valence electrons. The van der Waals surface area contributed by atoms with Crippen molar-refractivity contribution < 1.29 is 17.5 Å². The maximum absolute atomic E-state index is 13.0. The average Bonchev–Trinajstić information content (AvgIpc) is 2.72. The predicted octanol–water partition coefficient (Wildman–Crippen LogP) is 2.54. The first kappa shape index (κ1) is 20.2. The number of benzene rings is 2. The van der Waals surface area contributed by atoms with E-state index in [-0.39, 0.29) is 11.6 Å². The maximum atomic E-state index is 13.0. The molecule has 0 aromatic heterocycles. The van der Waals surface area contributed by atoms with Crippen molar-refractivity contribution in [1.82, 2.24) is 4.31 Å². The van der Waals surface area contributed by atoms with Crippen molar-refractivity contribution in [3.63, 3.8) is 0 Å². The summed E-state index contributed by atoms with van der Waals surface area (Å²) in [5.41, 5.74) is 1.66. The molecular formula is C21H22FN2O3S. The lowest BCUT2D eigenvalue weighted by Gasteiger charge is -2.35. The zero-order valence-electron chi connectivity index (χ0n) is 15.6. The van der Waals surface area contributed by atoms with Crippen molar-refractivity contribution in [2.45, 2.75) is 0 Å². The normalized spacial score (nSPS) is 15.0. The van der Waals surface area contributed by atoms with Gasteiger partial charge in [-0.15, -0.1) is 0 Å². The van der Waals surface area contributed by atoms with Crippen molar-refractivity contribution >= 4 is 15.7 Å². The molecule has 5 nitrogen and oxygen atoms in total. The van der Waals surface area contributed by atoms with E-state index >= 15 is 0 Å². The molecule has 0 bridgehead atoms. The smallest absolute Gasteiger partial charge is 0.215 e. The number of ether oxygens (including phenoxy) is 1. The molecule has 0 saturated carbocycles. The van der Waals surface area contributed by atoms with Gasteiger partial charge in [-0.1, -0.05) is 17.9 Å². The van der Waals surface area contributed by atoms with Crippen molar-refractivity contribution in [2.24, 2.45) is 0 Å². The molecule has 0 N–H and O–H groups in total. The van der Waals surface area contributed by atoms with Gasteiger partial charge >= 0.3 is 0 Å². The van der Waals surface area contributed by atoms with E-state index in [4.69, 9.17) is 4.74 Å². The first-order chi connectivity index (χ1) is 13.5. The summed E-state index contributed by atoms with van der Waals surface area (Å²) < 4.78 is 44.7. The van der Waals surface area contributed by atoms with E-state index in [1.165, 1.54) is 22.9 Å². The summed E-state index contributed by atoms with van der Waals surface area (Å²) in [5.74, 6) is 6.03. The van der Waals surface area contributed by atoms with Crippen LogP contribution in [0, 0.1) is 24.1 Å². The SMILES string of the molecule is COc1cccc(C#C[CH]CS(=O)(=O)N2CCN(c3ccc(F)cc3)CC2)c1. The van der Waals surface area contributed by atoms with Crippen molar-refractivity contribution in [3.8, 4) is 17.6 Å². The third-order valence-corrected chi connectivity index (χ3v) is 6.25. The Labute approximate surface area is 165 Å². The van der Waals surface area contributed by atoms with Gasteiger partial charge in [0.2, 0.25) is 10.0 Å². The summed E-state index contributed by atoms with van der Waals surface area (Å²) in [7, 11) is -1.81. The number of hydrogen-bond acceptors (Lipinski definition) is 4. The lowest BCUT2D eigenvalue weighted by atomic mass is 10.2. The second-order valence-electron chi connectivity index (χ2n) is 6.35. The summed E-state index contributed by atoms with van der Waals surface area (Å²) in [5, 5.41) is 0. The number of anilines is 1. The Hall–Kier alpha value is -2.56. The molecule has 0 spiro atoms. The molecule has 3 rings (SSSR count). The lowest BCUT2D eigenvalue weighted by Crippen LogP contribution is -2.49. The summed E-state index contributed by atoms with van der Waals surface area (Å²) in [4.78, 5) is 2.05. The van der Waals surface area contributed by atoms with Gasteiger partial charge in [0.15, 0.2) is 0 Å². The van der Waals surface area contributed by atoms with E-state index in [0.29, 0.717) is 31.9 Å². The van der Waals surface area contributed by atoms with Crippen LogP contribution in [0.5, 0.6) is 5.75 Å². The minimum Gasteiger partial charge on any atom is -0.497 e. The van der Waals surface area contributed by atoms with Crippen molar-refractivity contribution in [3.05, 3.63) is 66.3 Å². The van der Waals surface area contributed by atoms with Gasteiger partial charge in [0, 0.05) is 37.4 Å². The number of halogens is 1. The highest BCUT2D eigenvalue weighted by Gasteiger charge is 2.26. The van der Waals surface area contributed by atoms with Gasteiger partial charge in [-0.25, -0.2) is 12.8 Å². The Morgan fingerprint density at radius 2 is 1.82 bits per heavy atom. The summed E-state index contributed by atoms with van der Waals surface area (Å²) in [6, 6.07) is 13.5. The van der Waals surface area contributed by atoms with Gasteiger partial charge in [-0.3, -0.25) is 0 Å². The van der Waals surface area contributed by atoms with E-state index in [9.17, 15) is 12.8 Å². The van der Waals surface area contributed by atoms with Crippen molar-refractivity contribution in [1.29, 1.82) is 0 Å². The second-order valence-corrected chi connectivity index (χ2v) is 8.36. The number of methoxy groups -OCH3 is 1. The van der Waals surface area contributed by atoms with E-state index in [2.05, 4.69) is 16.7 Å². The fourth-order valence-electron chi connectivity index (χ4n) is 2.96. The molecule has 1 fully saturated rings. The van der Waals surface area contributed by atoms with Crippen LogP contribution >= 0.6 is 0 Å². The zero-order chi connectivity index (χ0) is 20.0. The van der Waals surface area contributed by atoms with E-state index in [1.807, 2.05) is 18.2 Å². The average molecular weight is 401 g/mol.